The van der Waals surface area contributed by atoms with Gasteiger partial charge in [-0.15, -0.1) is 0 Å². The molecule has 2 fully saturated rings. The molecular weight excluding hydrogens is 450 g/mol. The second kappa shape index (κ2) is 10.9. The largest absolute Gasteiger partial charge is 0.490 e. The minimum absolute atomic E-state index is 0.0953. The second-order valence-corrected chi connectivity index (χ2v) is 10.1. The number of piperidine rings is 2. The van der Waals surface area contributed by atoms with Crippen molar-refractivity contribution in [1.82, 2.24) is 19.4 Å². The predicted molar refractivity (Wildman–Crippen MR) is 130 cm³/mol. The summed E-state index contributed by atoms with van der Waals surface area (Å²) in [5.74, 6) is 1.37. The van der Waals surface area contributed by atoms with Crippen molar-refractivity contribution in [3.05, 3.63) is 46.1 Å². The van der Waals surface area contributed by atoms with E-state index in [2.05, 4.69) is 26.9 Å². The van der Waals surface area contributed by atoms with E-state index in [4.69, 9.17) is 9.47 Å². The van der Waals surface area contributed by atoms with Gasteiger partial charge in [-0.2, -0.15) is 0 Å². The number of ether oxygens (including phenoxy) is 2. The number of benzene rings is 1. The Morgan fingerprint density at radius 2 is 1.74 bits per heavy atom. The first-order chi connectivity index (χ1) is 17.0. The van der Waals surface area contributed by atoms with Crippen molar-refractivity contribution in [2.75, 3.05) is 39.3 Å². The van der Waals surface area contributed by atoms with Gasteiger partial charge in [0, 0.05) is 44.1 Å². The number of aromatic nitrogens is 2. The number of aliphatic hydroxyl groups excluding tert-OH is 1. The summed E-state index contributed by atoms with van der Waals surface area (Å²) >= 11 is 0. The van der Waals surface area contributed by atoms with E-state index in [1.807, 2.05) is 12.1 Å². The van der Waals surface area contributed by atoms with Crippen LogP contribution in [0.1, 0.15) is 37.7 Å². The minimum Gasteiger partial charge on any atom is -0.490 e. The third-order valence-electron chi connectivity index (χ3n) is 7.42. The molecule has 190 valence electrons. The lowest BCUT2D eigenvalue weighted by Gasteiger charge is -2.37. The molecule has 0 spiro atoms. The molecule has 0 aliphatic carbocycles. The van der Waals surface area contributed by atoms with Crippen LogP contribution in [-0.4, -0.2) is 80.9 Å². The smallest absolute Gasteiger partial charge is 0.414 e. The summed E-state index contributed by atoms with van der Waals surface area (Å²) in [6.45, 7) is 7.47. The zero-order valence-electron chi connectivity index (χ0n) is 20.1. The van der Waals surface area contributed by atoms with Crippen LogP contribution in [0.5, 0.6) is 11.8 Å². The van der Waals surface area contributed by atoms with E-state index >= 15 is 0 Å². The number of nitro groups is 1. The fraction of sp³-hybridized carbons (Fsp3) is 0.640. The van der Waals surface area contributed by atoms with Crippen molar-refractivity contribution in [3.63, 3.8) is 0 Å². The molecule has 35 heavy (non-hydrogen) atoms. The molecule has 4 heterocycles. The van der Waals surface area contributed by atoms with Gasteiger partial charge in [-0.1, -0.05) is 12.1 Å². The molecule has 0 saturated carbocycles. The minimum atomic E-state index is -0.508. The van der Waals surface area contributed by atoms with Gasteiger partial charge in [0.2, 0.25) is 0 Å². The van der Waals surface area contributed by atoms with Gasteiger partial charge in [0.15, 0.2) is 0 Å². The summed E-state index contributed by atoms with van der Waals surface area (Å²) in [5, 5.41) is 20.6. The summed E-state index contributed by atoms with van der Waals surface area (Å²) in [7, 11) is 0. The Bertz CT molecular complexity index is 981. The zero-order valence-corrected chi connectivity index (χ0v) is 20.1. The molecular formula is C25H35N5O5. The van der Waals surface area contributed by atoms with E-state index in [-0.39, 0.29) is 24.0 Å². The molecule has 0 unspecified atom stereocenters. The maximum Gasteiger partial charge on any atom is 0.414 e. The van der Waals surface area contributed by atoms with Crippen LogP contribution in [0.4, 0.5) is 5.82 Å². The molecule has 0 radical (unpaired) electrons. The first kappa shape index (κ1) is 24.0. The topological polar surface area (TPSA) is 106 Å². The quantitative estimate of drug-likeness (QED) is 0.449. The first-order valence-corrected chi connectivity index (χ1v) is 12.7. The molecule has 3 aliphatic rings. The average Bonchev–Trinajstić information content (AvgIpc) is 3.30. The van der Waals surface area contributed by atoms with E-state index < -0.39 is 4.92 Å². The van der Waals surface area contributed by atoms with Crippen LogP contribution < -0.4 is 9.47 Å². The van der Waals surface area contributed by atoms with Crippen molar-refractivity contribution in [2.24, 2.45) is 5.92 Å². The lowest BCUT2D eigenvalue weighted by atomic mass is 9.94. The molecule has 5 rings (SSSR count). The zero-order chi connectivity index (χ0) is 24.2. The van der Waals surface area contributed by atoms with Gasteiger partial charge in [-0.3, -0.25) is 9.47 Å². The third-order valence-corrected chi connectivity index (χ3v) is 7.42. The summed E-state index contributed by atoms with van der Waals surface area (Å²) in [5.41, 5.74) is 1.28. The molecule has 3 aliphatic heterocycles. The molecule has 10 heteroatoms. The van der Waals surface area contributed by atoms with Crippen molar-refractivity contribution >= 4 is 5.82 Å². The Kier molecular flexibility index (Phi) is 7.50. The number of aryl methyl sites for hydroxylation is 1. The number of hydrogen-bond donors (Lipinski definition) is 1. The fourth-order valence-corrected chi connectivity index (χ4v) is 5.27. The maximum absolute atomic E-state index is 10.9. The Hall–Kier alpha value is -2.69. The number of hydrogen-bond acceptors (Lipinski definition) is 8. The van der Waals surface area contributed by atoms with Gasteiger partial charge in [0.1, 0.15) is 24.7 Å². The van der Waals surface area contributed by atoms with E-state index in [1.165, 1.54) is 31.1 Å². The molecule has 0 amide bonds. The van der Waals surface area contributed by atoms with E-state index in [1.54, 1.807) is 4.57 Å². The number of likely N-dealkylation sites (tertiary alicyclic amines) is 2. The van der Waals surface area contributed by atoms with Gasteiger partial charge >= 0.3 is 11.8 Å². The first-order valence-electron chi connectivity index (χ1n) is 12.7. The highest BCUT2D eigenvalue weighted by Crippen LogP contribution is 2.25. The number of nitrogens with zero attached hydrogens (tertiary/aromatic N) is 5. The SMILES string of the molecule is O=[N+]([O-])c1cn2c(n1)O[C@@H](COc1ccc(CN3CCC(CN4CCC(O)CC4)CC3)cc1)CC2. The highest BCUT2D eigenvalue weighted by molar-refractivity contribution is 5.27. The summed E-state index contributed by atoms with van der Waals surface area (Å²) in [4.78, 5) is 19.4. The number of rotatable bonds is 8. The fourth-order valence-electron chi connectivity index (χ4n) is 5.27. The second-order valence-electron chi connectivity index (χ2n) is 10.1. The molecule has 1 atom stereocenters. The van der Waals surface area contributed by atoms with Gasteiger partial charge in [-0.05, 0) is 67.3 Å². The van der Waals surface area contributed by atoms with Crippen LogP contribution >= 0.6 is 0 Å². The number of imidazole rings is 1. The van der Waals surface area contributed by atoms with Crippen molar-refractivity contribution in [2.45, 2.75) is 57.4 Å². The van der Waals surface area contributed by atoms with Gasteiger partial charge in [-0.25, -0.2) is 0 Å². The van der Waals surface area contributed by atoms with E-state index in [0.29, 0.717) is 19.6 Å². The standard InChI is InChI=1S/C25H35N5O5/c31-21-7-12-28(13-8-21)16-20-5-10-27(11-6-20)15-19-1-3-22(4-2-19)34-18-23-9-14-29-17-24(30(32)33)26-25(29)35-23/h1-4,17,20-21,23,31H,5-16,18H2/t23-/m1/s1. The summed E-state index contributed by atoms with van der Waals surface area (Å²) in [6.07, 6.45) is 6.17. The predicted octanol–water partition coefficient (Wildman–Crippen LogP) is 2.69. The average molecular weight is 486 g/mol. The van der Waals surface area contributed by atoms with Gasteiger partial charge in [0.05, 0.1) is 6.10 Å². The van der Waals surface area contributed by atoms with Crippen LogP contribution in [0.15, 0.2) is 30.5 Å². The molecule has 2 saturated heterocycles. The maximum atomic E-state index is 10.9. The van der Waals surface area contributed by atoms with Crippen molar-refractivity contribution in [3.8, 4) is 11.8 Å². The molecule has 1 aromatic carbocycles. The monoisotopic (exact) mass is 485 g/mol. The highest BCUT2D eigenvalue weighted by Gasteiger charge is 2.28. The summed E-state index contributed by atoms with van der Waals surface area (Å²) < 4.78 is 13.4. The summed E-state index contributed by atoms with van der Waals surface area (Å²) in [6, 6.07) is 8.53. The Labute approximate surface area is 205 Å². The van der Waals surface area contributed by atoms with Gasteiger partial charge < -0.3 is 29.6 Å². The Morgan fingerprint density at radius 1 is 1.03 bits per heavy atom. The Morgan fingerprint density at radius 3 is 2.46 bits per heavy atom. The van der Waals surface area contributed by atoms with Crippen LogP contribution in [0, 0.1) is 16.0 Å². The van der Waals surface area contributed by atoms with Crippen molar-refractivity contribution in [1.29, 1.82) is 0 Å². The van der Waals surface area contributed by atoms with E-state index in [0.717, 1.165) is 57.2 Å². The van der Waals surface area contributed by atoms with E-state index in [9.17, 15) is 15.2 Å². The third kappa shape index (κ3) is 6.31. The molecule has 1 N–H and O–H groups in total. The molecule has 10 nitrogen and oxygen atoms in total. The molecule has 1 aromatic heterocycles. The number of aliphatic hydroxyl groups is 1. The van der Waals surface area contributed by atoms with Crippen LogP contribution in [0.2, 0.25) is 0 Å². The van der Waals surface area contributed by atoms with Crippen LogP contribution in [-0.2, 0) is 13.1 Å². The lowest BCUT2D eigenvalue weighted by Crippen LogP contribution is -2.42. The molecule has 0 bridgehead atoms. The normalized spacial score (nSPS) is 22.5. The van der Waals surface area contributed by atoms with Crippen LogP contribution in [0.3, 0.4) is 0 Å². The van der Waals surface area contributed by atoms with Gasteiger partial charge in [0.25, 0.3) is 0 Å². The molecule has 2 aromatic rings. The highest BCUT2D eigenvalue weighted by atomic mass is 16.6. The van der Waals surface area contributed by atoms with Crippen LogP contribution in [0.25, 0.3) is 0 Å². The van der Waals surface area contributed by atoms with Crippen molar-refractivity contribution < 1.29 is 19.5 Å². The Balaban J connectivity index is 1.02. The number of fused-ring (bicyclic) bond motifs is 1. The lowest BCUT2D eigenvalue weighted by molar-refractivity contribution is -0.389.